The topological polar surface area (TPSA) is 125 Å². The number of hydrogen-bond donors (Lipinski definition) is 3. The van der Waals surface area contributed by atoms with Crippen molar-refractivity contribution in [2.75, 3.05) is 20.3 Å². The summed E-state index contributed by atoms with van der Waals surface area (Å²) in [6.45, 7) is -1.28. The van der Waals surface area contributed by atoms with Crippen molar-refractivity contribution >= 4 is 28.4 Å². The van der Waals surface area contributed by atoms with Crippen LogP contribution in [0.25, 0.3) is 22.2 Å². The summed E-state index contributed by atoms with van der Waals surface area (Å²) in [6, 6.07) is 8.19. The summed E-state index contributed by atoms with van der Waals surface area (Å²) in [6.07, 6.45) is 0.0870. The number of fused-ring (bicyclic) bond motifs is 2. The van der Waals surface area contributed by atoms with Crippen LogP contribution in [-0.4, -0.2) is 52.2 Å². The second-order valence-corrected chi connectivity index (χ2v) is 12.4. The van der Waals surface area contributed by atoms with Gasteiger partial charge in [0.1, 0.15) is 35.0 Å². The maximum atomic E-state index is 14.3. The largest absolute Gasteiger partial charge is 0.494 e. The van der Waals surface area contributed by atoms with Gasteiger partial charge >= 0.3 is 6.18 Å². The van der Waals surface area contributed by atoms with E-state index in [1.165, 1.54) is 19.2 Å². The van der Waals surface area contributed by atoms with E-state index in [1.807, 2.05) is 10.9 Å². The van der Waals surface area contributed by atoms with Gasteiger partial charge in [-0.1, -0.05) is 11.6 Å². The minimum Gasteiger partial charge on any atom is -0.494 e. The molecular formula is C31H28ClF4N5O4. The van der Waals surface area contributed by atoms with Gasteiger partial charge in [0.05, 0.1) is 30.4 Å². The molecule has 0 unspecified atom stereocenters. The summed E-state index contributed by atoms with van der Waals surface area (Å²) >= 11 is 5.99. The van der Waals surface area contributed by atoms with Gasteiger partial charge in [-0.2, -0.15) is 18.3 Å². The molecule has 3 aliphatic rings. The van der Waals surface area contributed by atoms with E-state index in [2.05, 4.69) is 15.4 Å². The zero-order valence-corrected chi connectivity index (χ0v) is 24.7. The molecule has 0 spiro atoms. The van der Waals surface area contributed by atoms with Gasteiger partial charge < -0.3 is 25.6 Å². The fourth-order valence-corrected chi connectivity index (χ4v) is 6.01. The first-order chi connectivity index (χ1) is 21.3. The van der Waals surface area contributed by atoms with Crippen LogP contribution in [0, 0.1) is 11.7 Å². The van der Waals surface area contributed by atoms with E-state index in [1.54, 1.807) is 12.1 Å². The number of carbonyl (C=O) groups is 1. The van der Waals surface area contributed by atoms with Crippen LogP contribution in [0.5, 0.6) is 11.5 Å². The summed E-state index contributed by atoms with van der Waals surface area (Å²) in [5, 5.41) is 19.8. The Morgan fingerprint density at radius 3 is 2.62 bits per heavy atom. The molecule has 2 atom stereocenters. The number of amides is 1. The highest BCUT2D eigenvalue weighted by molar-refractivity contribution is 6.31. The van der Waals surface area contributed by atoms with Gasteiger partial charge in [0.15, 0.2) is 11.3 Å². The Morgan fingerprint density at radius 1 is 1.22 bits per heavy atom. The smallest absolute Gasteiger partial charge is 0.414 e. The summed E-state index contributed by atoms with van der Waals surface area (Å²) in [5.74, 6) is -1.52. The first-order valence-corrected chi connectivity index (χ1v) is 14.8. The third-order valence-electron chi connectivity index (χ3n) is 8.81. The molecule has 3 heterocycles. The van der Waals surface area contributed by atoms with Crippen LogP contribution in [0.4, 0.5) is 17.6 Å². The molecule has 9 nitrogen and oxygen atoms in total. The molecular weight excluding hydrogens is 618 g/mol. The molecule has 1 aliphatic heterocycles. The van der Waals surface area contributed by atoms with E-state index >= 15 is 0 Å². The van der Waals surface area contributed by atoms with Crippen molar-refractivity contribution in [3.05, 3.63) is 70.3 Å². The van der Waals surface area contributed by atoms with E-state index in [-0.39, 0.29) is 39.8 Å². The molecule has 1 amide bonds. The molecule has 2 fully saturated rings. The Morgan fingerprint density at radius 2 is 1.98 bits per heavy atom. The number of halogens is 5. The van der Waals surface area contributed by atoms with Gasteiger partial charge in [0.2, 0.25) is 0 Å². The normalized spacial score (nSPS) is 20.9. The van der Waals surface area contributed by atoms with E-state index in [4.69, 9.17) is 26.8 Å². The molecule has 45 heavy (non-hydrogen) atoms. The van der Waals surface area contributed by atoms with Crippen LogP contribution in [0.2, 0.25) is 5.02 Å². The molecule has 2 saturated carbocycles. The zero-order chi connectivity index (χ0) is 31.9. The number of methoxy groups -OCH3 is 1. The second kappa shape index (κ2) is 10.3. The summed E-state index contributed by atoms with van der Waals surface area (Å²) in [4.78, 5) is 18.0. The maximum Gasteiger partial charge on any atom is 0.414 e. The molecule has 236 valence electrons. The van der Waals surface area contributed by atoms with E-state index < -0.39 is 47.1 Å². The summed E-state index contributed by atoms with van der Waals surface area (Å²) in [5.41, 5.74) is 1.52. The van der Waals surface area contributed by atoms with Crippen molar-refractivity contribution in [1.29, 1.82) is 0 Å². The van der Waals surface area contributed by atoms with Crippen LogP contribution in [-0.2, 0) is 11.1 Å². The van der Waals surface area contributed by atoms with Crippen molar-refractivity contribution < 1.29 is 36.9 Å². The number of nitrogens with zero attached hydrogens (tertiary/aromatic N) is 3. The first kappa shape index (κ1) is 29.8. The predicted octanol–water partition coefficient (Wildman–Crippen LogP) is 5.37. The Kier molecular flexibility index (Phi) is 6.81. The lowest BCUT2D eigenvalue weighted by atomic mass is 9.86. The van der Waals surface area contributed by atoms with Crippen LogP contribution in [0.1, 0.15) is 53.3 Å². The molecule has 2 aromatic carbocycles. The second-order valence-electron chi connectivity index (χ2n) is 12.0. The van der Waals surface area contributed by atoms with Gasteiger partial charge in [-0.3, -0.25) is 9.48 Å². The van der Waals surface area contributed by atoms with Crippen LogP contribution in [0.15, 0.2) is 42.6 Å². The third-order valence-corrected chi connectivity index (χ3v) is 9.10. The number of aliphatic hydroxyl groups is 1. The monoisotopic (exact) mass is 645 g/mol. The number of nitrogens with one attached hydrogen (secondary N) is 1. The van der Waals surface area contributed by atoms with Gasteiger partial charge in [0.25, 0.3) is 5.91 Å². The fraction of sp³-hybridized carbons (Fsp3) is 0.387. The lowest BCUT2D eigenvalue weighted by molar-refractivity contribution is -0.191. The van der Waals surface area contributed by atoms with E-state index in [0.717, 1.165) is 25.0 Å². The Bertz CT molecular complexity index is 1860. The lowest BCUT2D eigenvalue weighted by Gasteiger charge is -2.31. The van der Waals surface area contributed by atoms with Crippen LogP contribution >= 0.6 is 11.6 Å². The van der Waals surface area contributed by atoms with Crippen molar-refractivity contribution in [1.82, 2.24) is 20.1 Å². The molecule has 2 aliphatic carbocycles. The molecule has 4 aromatic rings. The predicted molar refractivity (Wildman–Crippen MR) is 156 cm³/mol. The highest BCUT2D eigenvalue weighted by Gasteiger charge is 2.59. The van der Waals surface area contributed by atoms with Crippen molar-refractivity contribution in [2.24, 2.45) is 11.7 Å². The van der Waals surface area contributed by atoms with Gasteiger partial charge in [-0.15, -0.1) is 0 Å². The Hall–Kier alpha value is -3.94. The number of nitrogens with two attached hydrogens (primary N) is 1. The molecule has 0 saturated heterocycles. The van der Waals surface area contributed by atoms with Crippen molar-refractivity contribution in [2.45, 2.75) is 49.0 Å². The Labute approximate surface area is 259 Å². The average molecular weight is 646 g/mol. The van der Waals surface area contributed by atoms with Crippen molar-refractivity contribution in [3.63, 3.8) is 0 Å². The fourth-order valence-electron chi connectivity index (χ4n) is 5.83. The number of ether oxygens (including phenoxy) is 2. The molecule has 4 N–H and O–H groups in total. The Balaban J connectivity index is 1.27. The summed E-state index contributed by atoms with van der Waals surface area (Å²) in [7, 11) is 1.48. The van der Waals surface area contributed by atoms with E-state index in [0.29, 0.717) is 35.5 Å². The lowest BCUT2D eigenvalue weighted by Crippen LogP contribution is -2.52. The first-order valence-electron chi connectivity index (χ1n) is 14.4. The van der Waals surface area contributed by atoms with Crippen molar-refractivity contribution in [3.8, 4) is 22.8 Å². The van der Waals surface area contributed by atoms with Gasteiger partial charge in [-0.25, -0.2) is 9.37 Å². The van der Waals surface area contributed by atoms with Crippen LogP contribution < -0.4 is 20.5 Å². The molecule has 14 heteroatoms. The minimum absolute atomic E-state index is 0.0887. The number of rotatable bonds is 8. The number of pyridine rings is 1. The van der Waals surface area contributed by atoms with Gasteiger partial charge in [0, 0.05) is 28.3 Å². The highest BCUT2D eigenvalue weighted by atomic mass is 35.5. The summed E-state index contributed by atoms with van der Waals surface area (Å²) < 4.78 is 69.7. The third kappa shape index (κ3) is 4.97. The highest BCUT2D eigenvalue weighted by Crippen LogP contribution is 2.52. The standard InChI is InChI=1S/C31H28ClF4N5O4/c1-44-23-10-16(8-17-12-41(19-5-6-19)40-25(17)23)28(42)38-13-29(43,18-3-4-18)24-11-20-27(45-14-30(20,37)31(34,35)36)26(39-24)15-2-7-22(33)21(32)9-15/h2,7-12,18-19,43H,3-6,13-14,37H2,1H3,(H,38,42)/t29-,30+/m1/s1. The zero-order valence-electron chi connectivity index (χ0n) is 23.9. The quantitative estimate of drug-likeness (QED) is 0.220. The number of benzene rings is 2. The number of carbonyl (C=O) groups excluding carboxylic acids is 1. The molecule has 0 bridgehead atoms. The number of hydrogen-bond acceptors (Lipinski definition) is 7. The molecule has 0 radical (unpaired) electrons. The number of aromatic nitrogens is 3. The molecule has 2 aromatic heterocycles. The average Bonchev–Trinajstić information content (AvgIpc) is 3.95. The van der Waals surface area contributed by atoms with Crippen LogP contribution in [0.3, 0.4) is 0 Å². The minimum atomic E-state index is -4.91. The maximum absolute atomic E-state index is 14.3. The SMILES string of the molecule is COc1cc(C(=O)NC[C@](O)(c2cc3c(c(-c4ccc(F)c(Cl)c4)n2)OC[C@@]3(N)C(F)(F)F)C2CC2)cc2cn(C3CC3)nc12. The van der Waals surface area contributed by atoms with Gasteiger partial charge in [-0.05, 0) is 68.0 Å². The molecule has 7 rings (SSSR count). The number of alkyl halides is 3. The van der Waals surface area contributed by atoms with E-state index in [9.17, 15) is 27.5 Å².